The van der Waals surface area contributed by atoms with Crippen molar-refractivity contribution in [2.24, 2.45) is 0 Å². The zero-order chi connectivity index (χ0) is 13.0. The van der Waals surface area contributed by atoms with Gasteiger partial charge in [-0.15, -0.1) is 11.3 Å². The topological polar surface area (TPSA) is 42.0 Å². The molecule has 4 heteroatoms. The van der Waals surface area contributed by atoms with Crippen LogP contribution in [0.25, 0.3) is 0 Å². The lowest BCUT2D eigenvalue weighted by atomic mass is 10.2. The summed E-state index contributed by atoms with van der Waals surface area (Å²) in [6, 6.07) is 9.53. The van der Waals surface area contributed by atoms with Crippen molar-refractivity contribution in [2.75, 3.05) is 5.32 Å². The molecule has 0 atom stereocenters. The number of hydrogen-bond acceptors (Lipinski definition) is 3. The molecule has 0 saturated heterocycles. The van der Waals surface area contributed by atoms with E-state index in [1.807, 2.05) is 44.2 Å². The Labute approximate surface area is 111 Å². The Kier molecular flexibility index (Phi) is 4.10. The molecule has 0 saturated carbocycles. The summed E-state index contributed by atoms with van der Waals surface area (Å²) in [6.07, 6.45) is 1.26. The number of nitrogens with zero attached hydrogens (tertiary/aromatic N) is 1. The van der Waals surface area contributed by atoms with Gasteiger partial charge < -0.3 is 5.32 Å². The summed E-state index contributed by atoms with van der Waals surface area (Å²) in [5, 5.41) is 3.94. The van der Waals surface area contributed by atoms with Gasteiger partial charge in [0.2, 0.25) is 5.91 Å². The molecule has 18 heavy (non-hydrogen) atoms. The number of carbonyl (C=O) groups excluding carboxylic acids is 1. The van der Waals surface area contributed by atoms with Crippen molar-refractivity contribution < 1.29 is 4.79 Å². The second kappa shape index (κ2) is 5.78. The van der Waals surface area contributed by atoms with E-state index in [9.17, 15) is 4.79 Å². The first-order chi connectivity index (χ1) is 8.65. The lowest BCUT2D eigenvalue weighted by Gasteiger charge is -2.04. The fourth-order valence-corrected chi connectivity index (χ4v) is 2.71. The number of rotatable bonds is 4. The van der Waals surface area contributed by atoms with Crippen LogP contribution >= 0.6 is 11.3 Å². The Bertz CT molecular complexity index is 534. The number of amides is 1. The van der Waals surface area contributed by atoms with Gasteiger partial charge in [0, 0.05) is 17.0 Å². The van der Waals surface area contributed by atoms with Gasteiger partial charge in [-0.1, -0.05) is 18.2 Å². The normalized spacial score (nSPS) is 10.3. The molecule has 0 radical (unpaired) electrons. The highest BCUT2D eigenvalue weighted by Crippen LogP contribution is 2.19. The predicted octanol–water partition coefficient (Wildman–Crippen LogP) is 3.33. The van der Waals surface area contributed by atoms with Crippen molar-refractivity contribution in [2.45, 2.75) is 26.7 Å². The second-order valence-corrected chi connectivity index (χ2v) is 5.44. The van der Waals surface area contributed by atoms with Gasteiger partial charge >= 0.3 is 0 Å². The number of thiazole rings is 1. The van der Waals surface area contributed by atoms with Crippen molar-refractivity contribution in [3.8, 4) is 0 Å². The Morgan fingerprint density at radius 3 is 2.61 bits per heavy atom. The summed E-state index contributed by atoms with van der Waals surface area (Å²) < 4.78 is 0. The number of carbonyl (C=O) groups is 1. The maximum absolute atomic E-state index is 11.8. The monoisotopic (exact) mass is 260 g/mol. The van der Waals surface area contributed by atoms with Gasteiger partial charge in [-0.05, 0) is 32.4 Å². The molecule has 3 nitrogen and oxygen atoms in total. The number of aryl methyl sites for hydroxylation is 3. The summed E-state index contributed by atoms with van der Waals surface area (Å²) in [4.78, 5) is 17.3. The third kappa shape index (κ3) is 3.40. The van der Waals surface area contributed by atoms with Crippen LogP contribution in [0.4, 0.5) is 5.69 Å². The third-order valence-corrected chi connectivity index (χ3v) is 3.77. The van der Waals surface area contributed by atoms with Crippen LogP contribution in [0.1, 0.15) is 22.0 Å². The first-order valence-electron chi connectivity index (χ1n) is 5.93. The Balaban J connectivity index is 1.87. The minimum atomic E-state index is 0.0478. The van der Waals surface area contributed by atoms with Crippen LogP contribution in [0.2, 0.25) is 0 Å². The number of benzene rings is 1. The molecule has 2 aromatic rings. The fraction of sp³-hybridized carbons (Fsp3) is 0.286. The van der Waals surface area contributed by atoms with E-state index in [-0.39, 0.29) is 5.91 Å². The van der Waals surface area contributed by atoms with Crippen LogP contribution in [-0.2, 0) is 11.2 Å². The van der Waals surface area contributed by atoms with E-state index in [2.05, 4.69) is 10.3 Å². The van der Waals surface area contributed by atoms with Crippen LogP contribution in [0.3, 0.4) is 0 Å². The van der Waals surface area contributed by atoms with E-state index in [0.717, 1.165) is 22.8 Å². The first kappa shape index (κ1) is 12.8. The quantitative estimate of drug-likeness (QED) is 0.916. The Hall–Kier alpha value is -1.68. The zero-order valence-corrected chi connectivity index (χ0v) is 11.4. The van der Waals surface area contributed by atoms with E-state index < -0.39 is 0 Å². The molecule has 0 fully saturated rings. The van der Waals surface area contributed by atoms with E-state index in [0.29, 0.717) is 6.42 Å². The third-order valence-electron chi connectivity index (χ3n) is 2.64. The van der Waals surface area contributed by atoms with Crippen molar-refractivity contribution in [3.05, 3.63) is 45.9 Å². The molecule has 1 N–H and O–H groups in total. The summed E-state index contributed by atoms with van der Waals surface area (Å²) in [5.74, 6) is 0.0478. The maximum Gasteiger partial charge on any atom is 0.224 e. The molecule has 0 aliphatic rings. The summed E-state index contributed by atoms with van der Waals surface area (Å²) >= 11 is 1.67. The van der Waals surface area contributed by atoms with Crippen LogP contribution < -0.4 is 5.32 Å². The minimum Gasteiger partial charge on any atom is -0.326 e. The average molecular weight is 260 g/mol. The molecule has 2 rings (SSSR count). The maximum atomic E-state index is 11.8. The van der Waals surface area contributed by atoms with Gasteiger partial charge in [-0.3, -0.25) is 4.79 Å². The van der Waals surface area contributed by atoms with Gasteiger partial charge in [0.1, 0.15) is 0 Å². The summed E-state index contributed by atoms with van der Waals surface area (Å²) in [6.45, 7) is 3.99. The molecular formula is C14H16N2OS. The van der Waals surface area contributed by atoms with Gasteiger partial charge in [-0.25, -0.2) is 4.98 Å². The summed E-state index contributed by atoms with van der Waals surface area (Å²) in [7, 11) is 0. The molecule has 0 spiro atoms. The van der Waals surface area contributed by atoms with Crippen LogP contribution in [0, 0.1) is 13.8 Å². The van der Waals surface area contributed by atoms with E-state index >= 15 is 0 Å². The van der Waals surface area contributed by atoms with E-state index in [4.69, 9.17) is 0 Å². The second-order valence-electron chi connectivity index (χ2n) is 4.16. The molecule has 0 unspecified atom stereocenters. The highest BCUT2D eigenvalue weighted by molar-refractivity contribution is 7.11. The van der Waals surface area contributed by atoms with Crippen molar-refractivity contribution >= 4 is 22.9 Å². The fourth-order valence-electron chi connectivity index (χ4n) is 1.78. The number of anilines is 1. The predicted molar refractivity (Wildman–Crippen MR) is 75.0 cm³/mol. The van der Waals surface area contributed by atoms with E-state index in [1.54, 1.807) is 11.3 Å². The molecule has 0 bridgehead atoms. The number of hydrogen-bond donors (Lipinski definition) is 1. The molecule has 1 aromatic heterocycles. The number of aromatic nitrogens is 1. The van der Waals surface area contributed by atoms with Crippen LogP contribution in [-0.4, -0.2) is 10.9 Å². The zero-order valence-electron chi connectivity index (χ0n) is 10.6. The molecule has 1 heterocycles. The highest BCUT2D eigenvalue weighted by atomic mass is 32.1. The minimum absolute atomic E-state index is 0.0478. The SMILES string of the molecule is Cc1nc(C)c(CCC(=O)Nc2ccccc2)s1. The lowest BCUT2D eigenvalue weighted by Crippen LogP contribution is -2.12. The number of nitrogens with one attached hydrogen (secondary N) is 1. The van der Waals surface area contributed by atoms with Gasteiger partial charge in [-0.2, -0.15) is 0 Å². The molecule has 94 valence electrons. The first-order valence-corrected chi connectivity index (χ1v) is 6.74. The Morgan fingerprint density at radius 2 is 2.00 bits per heavy atom. The Morgan fingerprint density at radius 1 is 1.28 bits per heavy atom. The van der Waals surface area contributed by atoms with Gasteiger partial charge in [0.15, 0.2) is 0 Å². The highest BCUT2D eigenvalue weighted by Gasteiger charge is 2.08. The van der Waals surface area contributed by atoms with Crippen molar-refractivity contribution in [1.82, 2.24) is 4.98 Å². The van der Waals surface area contributed by atoms with Crippen molar-refractivity contribution in [3.63, 3.8) is 0 Å². The molecule has 1 aromatic carbocycles. The standard InChI is InChI=1S/C14H16N2OS/c1-10-13(18-11(2)15-10)8-9-14(17)16-12-6-4-3-5-7-12/h3-7H,8-9H2,1-2H3,(H,16,17). The van der Waals surface area contributed by atoms with Crippen molar-refractivity contribution in [1.29, 1.82) is 0 Å². The molecular weight excluding hydrogens is 244 g/mol. The largest absolute Gasteiger partial charge is 0.326 e. The lowest BCUT2D eigenvalue weighted by molar-refractivity contribution is -0.116. The molecule has 0 aliphatic carbocycles. The smallest absolute Gasteiger partial charge is 0.224 e. The molecule has 1 amide bonds. The van der Waals surface area contributed by atoms with Gasteiger partial charge in [0.05, 0.1) is 10.7 Å². The average Bonchev–Trinajstić information content (AvgIpc) is 2.66. The molecule has 0 aliphatic heterocycles. The van der Waals surface area contributed by atoms with Gasteiger partial charge in [0.25, 0.3) is 0 Å². The van der Waals surface area contributed by atoms with Crippen LogP contribution in [0.15, 0.2) is 30.3 Å². The van der Waals surface area contributed by atoms with E-state index in [1.165, 1.54) is 4.88 Å². The summed E-state index contributed by atoms with van der Waals surface area (Å²) in [5.41, 5.74) is 1.89. The number of para-hydroxylation sites is 1. The van der Waals surface area contributed by atoms with Crippen LogP contribution in [0.5, 0.6) is 0 Å².